The Kier molecular flexibility index (Phi) is 42.0. The summed E-state index contributed by atoms with van der Waals surface area (Å²) < 4.78 is 6.56. The van der Waals surface area contributed by atoms with Crippen LogP contribution in [0.3, 0.4) is 0 Å². The van der Waals surface area contributed by atoms with E-state index in [1.807, 2.05) is 0 Å². The van der Waals surface area contributed by atoms with Crippen molar-refractivity contribution in [2.75, 3.05) is 113 Å². The van der Waals surface area contributed by atoms with Gasteiger partial charge in [-0.1, -0.05) is 0 Å². The molecule has 0 aromatic carbocycles. The molecule has 0 unspecified atom stereocenters. The molecular formula is C20H52F4N8O4. The zero-order chi connectivity index (χ0) is 26.9. The van der Waals surface area contributed by atoms with Gasteiger partial charge >= 0.3 is 24.1 Å². The third-order valence-corrected chi connectivity index (χ3v) is 3.20. The summed E-state index contributed by atoms with van der Waals surface area (Å²) in [6.07, 6.45) is 0. The molecule has 0 aliphatic heterocycles. The number of hydrogen-bond donors (Lipinski definition) is 4. The minimum atomic E-state index is 0. The zero-order valence-electron chi connectivity index (χ0n) is 24.9. The van der Waals surface area contributed by atoms with Crippen LogP contribution in [0.4, 0.5) is 0 Å². The quantitative estimate of drug-likeness (QED) is 0.103. The summed E-state index contributed by atoms with van der Waals surface area (Å²) in [4.78, 5) is 6.56. The number of aliphatic hydroxyl groups excluding tert-OH is 4. The molecule has 0 aliphatic carbocycles. The first-order chi connectivity index (χ1) is 14.2. The number of aliphatic hydroxyl groups is 4. The van der Waals surface area contributed by atoms with E-state index in [2.05, 4.69) is 0 Å². The molecule has 0 saturated carbocycles. The van der Waals surface area contributed by atoms with Gasteiger partial charge in [0.2, 0.25) is 0 Å². The average Bonchev–Trinajstić information content (AvgIpc) is 2.65. The van der Waals surface area contributed by atoms with Crippen LogP contribution in [0.1, 0.15) is 0 Å². The molecule has 0 aromatic heterocycles. The highest BCUT2D eigenvalue weighted by Crippen LogP contribution is 1.74. The van der Waals surface area contributed by atoms with E-state index in [1.54, 1.807) is 151 Å². The molecule has 0 fully saturated rings. The van der Waals surface area contributed by atoms with Gasteiger partial charge in [0, 0.05) is 0 Å². The lowest BCUT2D eigenvalue weighted by Crippen LogP contribution is -3.00. The fourth-order valence-corrected chi connectivity index (χ4v) is 1.60. The van der Waals surface area contributed by atoms with Crippen molar-refractivity contribution >= 4 is 24.1 Å². The Balaban J connectivity index is -0.0000000467. The van der Waals surface area contributed by atoms with Gasteiger partial charge < -0.3 is 39.2 Å². The van der Waals surface area contributed by atoms with Crippen LogP contribution in [0.5, 0.6) is 0 Å². The first-order valence-electron chi connectivity index (χ1n) is 9.84. The number of nitrogens with zero attached hydrogens (tertiary/aromatic N) is 8. The van der Waals surface area contributed by atoms with Crippen LogP contribution in [-0.4, -0.2) is 195 Å². The van der Waals surface area contributed by atoms with Crippen molar-refractivity contribution < 1.29 is 57.5 Å². The van der Waals surface area contributed by atoms with E-state index in [-0.39, 0.29) is 42.9 Å². The predicted molar refractivity (Wildman–Crippen MR) is 134 cm³/mol. The monoisotopic (exact) mass is 544 g/mol. The molecule has 0 radical (unpaired) electrons. The molecule has 0 aliphatic rings. The summed E-state index contributed by atoms with van der Waals surface area (Å²) in [5.41, 5.74) is 0. The van der Waals surface area contributed by atoms with E-state index in [9.17, 15) is 0 Å². The topological polar surface area (TPSA) is 106 Å². The Bertz CT molecular complexity index is 542. The SMILES string of the molecule is CN(C)C(O)=[N+](C)C.CN(C)C(O)=[N+](C)C.CN(C)C(O)=[N+](C)C.CN(C)C(O)=[N+](C)C.[F-].[F-].[F-].[F-]. The summed E-state index contributed by atoms with van der Waals surface area (Å²) in [5.74, 6) is 0. The molecule has 0 heterocycles. The maximum Gasteiger partial charge on any atom is 0.442 e. The Morgan fingerprint density at radius 3 is 0.417 bits per heavy atom. The third kappa shape index (κ3) is 33.0. The summed E-state index contributed by atoms with van der Waals surface area (Å²) in [5, 5.41) is 35.9. The van der Waals surface area contributed by atoms with Crippen LogP contribution in [0.2, 0.25) is 0 Å². The molecule has 16 heteroatoms. The van der Waals surface area contributed by atoms with Crippen LogP contribution in [0, 0.1) is 0 Å². The maximum absolute atomic E-state index is 8.97. The lowest BCUT2D eigenvalue weighted by atomic mass is 10.8. The van der Waals surface area contributed by atoms with Gasteiger partial charge in [0.1, 0.15) is 0 Å². The smallest absolute Gasteiger partial charge is 0.442 e. The molecule has 0 amide bonds. The van der Waals surface area contributed by atoms with E-state index in [4.69, 9.17) is 20.4 Å². The number of amidine groups is 4. The lowest BCUT2D eigenvalue weighted by Gasteiger charge is -2.01. The van der Waals surface area contributed by atoms with Gasteiger partial charge in [0.25, 0.3) is 0 Å². The molecular weight excluding hydrogens is 492 g/mol. The van der Waals surface area contributed by atoms with Crippen molar-refractivity contribution in [2.45, 2.75) is 0 Å². The fourth-order valence-electron chi connectivity index (χ4n) is 1.60. The highest BCUT2D eigenvalue weighted by atomic mass is 19.0. The lowest BCUT2D eigenvalue weighted by molar-refractivity contribution is -0.479. The molecule has 0 atom stereocenters. The van der Waals surface area contributed by atoms with Gasteiger partial charge in [-0.2, -0.15) is 0 Å². The van der Waals surface area contributed by atoms with E-state index in [0.717, 1.165) is 0 Å². The van der Waals surface area contributed by atoms with Crippen LogP contribution in [0.25, 0.3) is 0 Å². The second-order valence-electron chi connectivity index (χ2n) is 8.36. The van der Waals surface area contributed by atoms with Gasteiger partial charge in [-0.25, -0.2) is 37.9 Å². The highest BCUT2D eigenvalue weighted by Gasteiger charge is 2.06. The van der Waals surface area contributed by atoms with Crippen molar-refractivity contribution in [3.05, 3.63) is 0 Å². The van der Waals surface area contributed by atoms with Gasteiger partial charge in [0.05, 0.1) is 113 Å². The van der Waals surface area contributed by atoms with Crippen molar-refractivity contribution in [1.82, 2.24) is 19.6 Å². The summed E-state index contributed by atoms with van der Waals surface area (Å²) >= 11 is 0. The molecule has 36 heavy (non-hydrogen) atoms. The summed E-state index contributed by atoms with van der Waals surface area (Å²) in [6.45, 7) is 0. The second kappa shape index (κ2) is 28.0. The number of hydrogen-bond acceptors (Lipinski definition) is 0. The first kappa shape index (κ1) is 53.9. The van der Waals surface area contributed by atoms with Gasteiger partial charge in [0.15, 0.2) is 0 Å². The molecule has 12 nitrogen and oxygen atoms in total. The third-order valence-electron chi connectivity index (χ3n) is 3.20. The normalized spacial score (nSPS) is 7.56. The molecule has 0 aromatic rings. The standard InChI is InChI=1S/4C5H12N2O.4FH/c4*1-6(2)5(8)7(3)4;;;;/h4*1-4H3;4*1H. The maximum atomic E-state index is 8.97. The van der Waals surface area contributed by atoms with E-state index in [0.29, 0.717) is 0 Å². The largest absolute Gasteiger partial charge is 1.00 e. The number of halogens is 4. The summed E-state index contributed by atoms with van der Waals surface area (Å²) in [7, 11) is 28.6. The predicted octanol–water partition coefficient (Wildman–Crippen LogP) is -13.0. The fraction of sp³-hybridized carbons (Fsp3) is 0.800. The van der Waals surface area contributed by atoms with Crippen molar-refractivity contribution in [1.29, 1.82) is 0 Å². The Hall–Kier alpha value is -3.20. The van der Waals surface area contributed by atoms with Gasteiger partial charge in [-0.3, -0.25) is 0 Å². The van der Waals surface area contributed by atoms with Crippen molar-refractivity contribution in [2.24, 2.45) is 0 Å². The van der Waals surface area contributed by atoms with Crippen LogP contribution in [0.15, 0.2) is 0 Å². The molecule has 0 saturated heterocycles. The average molecular weight is 545 g/mol. The Morgan fingerprint density at radius 2 is 0.417 bits per heavy atom. The molecule has 0 rings (SSSR count). The first-order valence-corrected chi connectivity index (χ1v) is 9.84. The minimum Gasteiger partial charge on any atom is -1.00 e. The Labute approximate surface area is 214 Å². The molecule has 0 bridgehead atoms. The molecule has 224 valence electrons. The van der Waals surface area contributed by atoms with E-state index >= 15 is 0 Å². The van der Waals surface area contributed by atoms with E-state index in [1.165, 1.54) is 0 Å². The van der Waals surface area contributed by atoms with Crippen LogP contribution < -0.4 is 18.8 Å². The van der Waals surface area contributed by atoms with Gasteiger partial charge in [-0.15, -0.1) is 0 Å². The number of rotatable bonds is 0. The molecule has 4 N–H and O–H groups in total. The van der Waals surface area contributed by atoms with E-state index < -0.39 is 0 Å². The van der Waals surface area contributed by atoms with Crippen molar-refractivity contribution in [3.8, 4) is 0 Å². The highest BCUT2D eigenvalue weighted by molar-refractivity contribution is 5.65. The molecule has 0 spiro atoms. The minimum absolute atomic E-state index is 0. The summed E-state index contributed by atoms with van der Waals surface area (Å²) in [6, 6.07) is 1.07. The van der Waals surface area contributed by atoms with Crippen LogP contribution >= 0.6 is 0 Å². The van der Waals surface area contributed by atoms with Gasteiger partial charge in [-0.05, 0) is 0 Å². The van der Waals surface area contributed by atoms with Crippen LogP contribution in [-0.2, 0) is 0 Å². The zero-order valence-corrected chi connectivity index (χ0v) is 24.9. The Morgan fingerprint density at radius 1 is 0.333 bits per heavy atom. The second-order valence-corrected chi connectivity index (χ2v) is 8.36. The van der Waals surface area contributed by atoms with Crippen molar-refractivity contribution in [3.63, 3.8) is 0 Å².